The third-order valence-electron chi connectivity index (χ3n) is 9.15. The van der Waals surface area contributed by atoms with Crippen LogP contribution in [0.25, 0.3) is 33.6 Å². The number of H-pyrrole nitrogens is 2. The number of aromatic amines is 2. The first kappa shape index (κ1) is 29.7. The average molecular weight is 595 g/mol. The lowest BCUT2D eigenvalue weighted by molar-refractivity contribution is -0.135. The normalized spacial score (nSPS) is 18.0. The summed E-state index contributed by atoms with van der Waals surface area (Å²) >= 11 is 0. The van der Waals surface area contributed by atoms with Crippen LogP contribution in [0.2, 0.25) is 0 Å². The van der Waals surface area contributed by atoms with Crippen molar-refractivity contribution in [2.45, 2.75) is 76.8 Å². The molecule has 9 heteroatoms. The smallest absolute Gasteiger partial charge is 0.407 e. The Hall–Kier alpha value is -4.40. The molecule has 2 fully saturated rings. The van der Waals surface area contributed by atoms with Gasteiger partial charge in [0.05, 0.1) is 36.9 Å². The fourth-order valence-electron chi connectivity index (χ4n) is 6.60. The molecule has 230 valence electrons. The van der Waals surface area contributed by atoms with E-state index in [4.69, 9.17) is 9.72 Å². The van der Waals surface area contributed by atoms with Gasteiger partial charge in [0.2, 0.25) is 5.91 Å². The first-order valence-corrected chi connectivity index (χ1v) is 15.9. The molecule has 1 saturated heterocycles. The second-order valence-electron chi connectivity index (χ2n) is 12.4. The standard InChI is InChI=1S/C35H42N6O3/c1-22(2)31(40-35(43)44-3)34(42)41-19-7-10-30(41)33-37-21-29(39-33)26-17-13-24(14-18-26)23-11-15-25(16-12-23)28-20-36-32(38-28)27-8-5-4-6-9-27/h11-18,20-22,27,30-31H,4-10,19H2,1-3H3,(H,36,38)(H,37,39)(H,40,43). The second-order valence-corrected chi connectivity index (χ2v) is 12.4. The summed E-state index contributed by atoms with van der Waals surface area (Å²) in [5.74, 6) is 2.27. The highest BCUT2D eigenvalue weighted by Gasteiger charge is 2.37. The molecule has 1 saturated carbocycles. The predicted octanol–water partition coefficient (Wildman–Crippen LogP) is 7.23. The van der Waals surface area contributed by atoms with E-state index in [9.17, 15) is 9.59 Å². The van der Waals surface area contributed by atoms with Crippen LogP contribution in [0.4, 0.5) is 4.79 Å². The Labute approximate surface area is 258 Å². The van der Waals surface area contributed by atoms with Crippen LogP contribution in [-0.2, 0) is 9.53 Å². The summed E-state index contributed by atoms with van der Waals surface area (Å²) in [5.41, 5.74) is 6.44. The van der Waals surface area contributed by atoms with Gasteiger partial charge in [0, 0.05) is 12.5 Å². The zero-order valence-corrected chi connectivity index (χ0v) is 25.8. The van der Waals surface area contributed by atoms with Crippen LogP contribution in [0.1, 0.15) is 82.4 Å². The maximum Gasteiger partial charge on any atom is 0.407 e. The number of carbonyl (C=O) groups excluding carboxylic acids is 2. The number of likely N-dealkylation sites (tertiary alicyclic amines) is 1. The van der Waals surface area contributed by atoms with E-state index in [-0.39, 0.29) is 17.9 Å². The van der Waals surface area contributed by atoms with E-state index >= 15 is 0 Å². The van der Waals surface area contributed by atoms with Crippen LogP contribution < -0.4 is 5.32 Å². The molecule has 2 amide bonds. The van der Waals surface area contributed by atoms with E-state index in [1.807, 2.05) is 31.1 Å². The molecule has 4 aromatic rings. The SMILES string of the molecule is COC(=O)NC(C(=O)N1CCCC1c1ncc(-c2ccc(-c3ccc(-c4cnc(C5CCCCC5)[nH]4)cc3)cc2)[nH]1)C(C)C. The van der Waals surface area contributed by atoms with Crippen LogP contribution in [0.15, 0.2) is 60.9 Å². The highest BCUT2D eigenvalue weighted by molar-refractivity contribution is 5.86. The third-order valence-corrected chi connectivity index (χ3v) is 9.15. The molecule has 2 aromatic carbocycles. The average Bonchev–Trinajstić information content (AvgIpc) is 3.85. The Balaban J connectivity index is 1.12. The van der Waals surface area contributed by atoms with Crippen molar-refractivity contribution < 1.29 is 14.3 Å². The van der Waals surface area contributed by atoms with Crippen LogP contribution in [0, 0.1) is 5.92 Å². The maximum absolute atomic E-state index is 13.4. The van der Waals surface area contributed by atoms with Crippen molar-refractivity contribution in [2.75, 3.05) is 13.7 Å². The molecule has 9 nitrogen and oxygen atoms in total. The number of aromatic nitrogens is 4. The summed E-state index contributed by atoms with van der Waals surface area (Å²) in [7, 11) is 1.30. The number of hydrogen-bond acceptors (Lipinski definition) is 5. The lowest BCUT2D eigenvalue weighted by Gasteiger charge is -2.30. The van der Waals surface area contributed by atoms with Crippen LogP contribution in [0.5, 0.6) is 0 Å². The first-order chi connectivity index (χ1) is 21.4. The van der Waals surface area contributed by atoms with Gasteiger partial charge in [-0.15, -0.1) is 0 Å². The number of methoxy groups -OCH3 is 1. The summed E-state index contributed by atoms with van der Waals surface area (Å²) < 4.78 is 4.74. The van der Waals surface area contributed by atoms with Gasteiger partial charge in [0.15, 0.2) is 0 Å². The molecule has 2 unspecified atom stereocenters. The molecule has 3 N–H and O–H groups in total. The molecule has 2 aliphatic rings. The molecule has 2 aromatic heterocycles. The van der Waals surface area contributed by atoms with Gasteiger partial charge in [-0.1, -0.05) is 81.6 Å². The minimum atomic E-state index is -0.655. The number of amides is 2. The zero-order valence-electron chi connectivity index (χ0n) is 25.8. The van der Waals surface area contributed by atoms with E-state index in [2.05, 4.69) is 68.8 Å². The summed E-state index contributed by atoms with van der Waals surface area (Å²) in [6, 6.07) is 16.2. The molecule has 0 bridgehead atoms. The minimum Gasteiger partial charge on any atom is -0.453 e. The molecule has 0 radical (unpaired) electrons. The molecule has 44 heavy (non-hydrogen) atoms. The molecular formula is C35H42N6O3. The van der Waals surface area contributed by atoms with Gasteiger partial charge in [0.25, 0.3) is 0 Å². The Kier molecular flexibility index (Phi) is 8.82. The molecule has 1 aliphatic heterocycles. The molecule has 0 spiro atoms. The fourth-order valence-corrected chi connectivity index (χ4v) is 6.60. The number of benzene rings is 2. The number of alkyl carbamates (subject to hydrolysis) is 1. The number of rotatable bonds is 8. The van der Waals surface area contributed by atoms with Gasteiger partial charge in [-0.05, 0) is 53.9 Å². The van der Waals surface area contributed by atoms with Crippen molar-refractivity contribution in [2.24, 2.45) is 5.92 Å². The van der Waals surface area contributed by atoms with Crippen LogP contribution in [-0.4, -0.2) is 56.5 Å². The summed E-state index contributed by atoms with van der Waals surface area (Å²) in [5, 5.41) is 2.70. The highest BCUT2D eigenvalue weighted by Crippen LogP contribution is 2.34. The zero-order chi connectivity index (χ0) is 30.6. The van der Waals surface area contributed by atoms with Crippen molar-refractivity contribution in [1.82, 2.24) is 30.2 Å². The third kappa shape index (κ3) is 6.27. The monoisotopic (exact) mass is 594 g/mol. The molecule has 2 atom stereocenters. The van der Waals surface area contributed by atoms with Crippen LogP contribution >= 0.6 is 0 Å². The largest absolute Gasteiger partial charge is 0.453 e. The van der Waals surface area contributed by atoms with Crippen molar-refractivity contribution >= 4 is 12.0 Å². The lowest BCUT2D eigenvalue weighted by Crippen LogP contribution is -2.51. The lowest BCUT2D eigenvalue weighted by atomic mass is 9.89. The van der Waals surface area contributed by atoms with Crippen molar-refractivity contribution in [1.29, 1.82) is 0 Å². The van der Waals surface area contributed by atoms with E-state index in [1.165, 1.54) is 39.2 Å². The first-order valence-electron chi connectivity index (χ1n) is 15.9. The molecule has 3 heterocycles. The maximum atomic E-state index is 13.4. The fraction of sp³-hybridized carbons (Fsp3) is 0.429. The number of hydrogen-bond donors (Lipinski definition) is 3. The van der Waals surface area contributed by atoms with Gasteiger partial charge in [-0.25, -0.2) is 14.8 Å². The predicted molar refractivity (Wildman–Crippen MR) is 171 cm³/mol. The van der Waals surface area contributed by atoms with E-state index < -0.39 is 12.1 Å². The van der Waals surface area contributed by atoms with Gasteiger partial charge < -0.3 is 24.9 Å². The number of carbonyl (C=O) groups is 2. The number of nitrogens with one attached hydrogen (secondary N) is 3. The van der Waals surface area contributed by atoms with Crippen molar-refractivity contribution in [3.63, 3.8) is 0 Å². The molecule has 1 aliphatic carbocycles. The van der Waals surface area contributed by atoms with E-state index in [1.54, 1.807) is 0 Å². The number of imidazole rings is 2. The van der Waals surface area contributed by atoms with Crippen LogP contribution in [0.3, 0.4) is 0 Å². The Morgan fingerprint density at radius 3 is 1.91 bits per heavy atom. The minimum absolute atomic E-state index is 0.0747. The quantitative estimate of drug-likeness (QED) is 0.199. The second kappa shape index (κ2) is 13.1. The van der Waals surface area contributed by atoms with Gasteiger partial charge in [-0.2, -0.15) is 0 Å². The van der Waals surface area contributed by atoms with E-state index in [0.29, 0.717) is 12.5 Å². The number of nitrogens with zero attached hydrogens (tertiary/aromatic N) is 3. The Morgan fingerprint density at radius 2 is 1.34 bits per heavy atom. The van der Waals surface area contributed by atoms with Gasteiger partial charge in [0.1, 0.15) is 17.7 Å². The highest BCUT2D eigenvalue weighted by atomic mass is 16.5. The van der Waals surface area contributed by atoms with Gasteiger partial charge >= 0.3 is 6.09 Å². The summed E-state index contributed by atoms with van der Waals surface area (Å²) in [6.45, 7) is 4.46. The number of ether oxygens (including phenoxy) is 1. The van der Waals surface area contributed by atoms with Crippen molar-refractivity contribution in [3.8, 4) is 33.6 Å². The topological polar surface area (TPSA) is 116 Å². The summed E-state index contributed by atoms with van der Waals surface area (Å²) in [6.07, 6.45) is 11.3. The van der Waals surface area contributed by atoms with Crippen molar-refractivity contribution in [3.05, 3.63) is 72.6 Å². The Bertz CT molecular complexity index is 1570. The Morgan fingerprint density at radius 1 is 0.795 bits per heavy atom. The van der Waals surface area contributed by atoms with E-state index in [0.717, 1.165) is 58.1 Å². The molecule has 6 rings (SSSR count). The van der Waals surface area contributed by atoms with Gasteiger partial charge in [-0.3, -0.25) is 4.79 Å². The molecular weight excluding hydrogens is 552 g/mol. The summed E-state index contributed by atoms with van der Waals surface area (Å²) in [4.78, 5) is 43.5.